The standard InChI is InChI=1S/C25H38N2/c1-6-7-8-9-10-23(19-11-15-21(26)16-12-19)25(5,24(2,3)4)20-13-17-22(27)18-14-20/h11-18,23H,6-10,26-27H2,1-5H3. The van der Waals surface area contributed by atoms with Gasteiger partial charge in [0.1, 0.15) is 0 Å². The molecule has 2 aromatic carbocycles. The van der Waals surface area contributed by atoms with Crippen LogP contribution in [-0.4, -0.2) is 0 Å². The molecule has 2 unspecified atom stereocenters. The van der Waals surface area contributed by atoms with Crippen molar-refractivity contribution < 1.29 is 0 Å². The van der Waals surface area contributed by atoms with Crippen molar-refractivity contribution in [3.8, 4) is 0 Å². The molecular weight excluding hydrogens is 328 g/mol. The van der Waals surface area contributed by atoms with Crippen molar-refractivity contribution in [1.29, 1.82) is 0 Å². The first kappa shape index (κ1) is 21.3. The molecule has 0 saturated carbocycles. The average Bonchev–Trinajstić information content (AvgIpc) is 2.62. The Morgan fingerprint density at radius 3 is 1.74 bits per heavy atom. The smallest absolute Gasteiger partial charge is 0.0314 e. The van der Waals surface area contributed by atoms with Crippen LogP contribution in [0.5, 0.6) is 0 Å². The van der Waals surface area contributed by atoms with Gasteiger partial charge in [0.05, 0.1) is 0 Å². The van der Waals surface area contributed by atoms with Gasteiger partial charge in [-0.2, -0.15) is 0 Å². The molecule has 2 atom stereocenters. The van der Waals surface area contributed by atoms with Crippen molar-refractivity contribution in [1.82, 2.24) is 0 Å². The maximum absolute atomic E-state index is 5.98. The Bertz CT molecular complexity index is 695. The van der Waals surface area contributed by atoms with Gasteiger partial charge in [-0.15, -0.1) is 0 Å². The molecule has 0 aliphatic heterocycles. The van der Waals surface area contributed by atoms with Gasteiger partial charge in [0.2, 0.25) is 0 Å². The Morgan fingerprint density at radius 1 is 0.741 bits per heavy atom. The van der Waals surface area contributed by atoms with Crippen LogP contribution in [0.2, 0.25) is 0 Å². The fourth-order valence-corrected chi connectivity index (χ4v) is 4.28. The predicted molar refractivity (Wildman–Crippen MR) is 120 cm³/mol. The third-order valence-corrected chi connectivity index (χ3v) is 6.45. The highest BCUT2D eigenvalue weighted by Gasteiger charge is 2.45. The number of hydrogen-bond acceptors (Lipinski definition) is 2. The molecule has 0 heterocycles. The highest BCUT2D eigenvalue weighted by Crippen LogP contribution is 2.53. The second-order valence-electron chi connectivity index (χ2n) is 9.14. The summed E-state index contributed by atoms with van der Waals surface area (Å²) in [6.45, 7) is 11.8. The van der Waals surface area contributed by atoms with Gasteiger partial charge in [-0.25, -0.2) is 0 Å². The van der Waals surface area contributed by atoms with Crippen molar-refractivity contribution in [2.45, 2.75) is 78.1 Å². The molecule has 148 valence electrons. The zero-order valence-corrected chi connectivity index (χ0v) is 17.9. The quantitative estimate of drug-likeness (QED) is 0.394. The molecule has 27 heavy (non-hydrogen) atoms. The number of benzene rings is 2. The minimum absolute atomic E-state index is 0.0109. The second-order valence-corrected chi connectivity index (χ2v) is 9.14. The summed E-state index contributed by atoms with van der Waals surface area (Å²) in [5.41, 5.74) is 16.4. The summed E-state index contributed by atoms with van der Waals surface area (Å²) in [6.07, 6.45) is 6.30. The lowest BCUT2D eigenvalue weighted by molar-refractivity contribution is 0.155. The van der Waals surface area contributed by atoms with Gasteiger partial charge in [-0.05, 0) is 53.1 Å². The SMILES string of the molecule is CCCCCCC(c1ccc(N)cc1)C(C)(c1ccc(N)cc1)C(C)(C)C. The van der Waals surface area contributed by atoms with E-state index >= 15 is 0 Å². The van der Waals surface area contributed by atoms with Crippen LogP contribution in [0.3, 0.4) is 0 Å². The summed E-state index contributed by atoms with van der Waals surface area (Å²) in [5.74, 6) is 0.429. The minimum Gasteiger partial charge on any atom is -0.399 e. The van der Waals surface area contributed by atoms with Crippen LogP contribution in [0.4, 0.5) is 11.4 Å². The molecule has 0 aliphatic rings. The zero-order valence-electron chi connectivity index (χ0n) is 17.9. The lowest BCUT2D eigenvalue weighted by Gasteiger charge is -2.49. The van der Waals surface area contributed by atoms with Gasteiger partial charge in [0.15, 0.2) is 0 Å². The molecule has 0 fully saturated rings. The normalized spacial score (nSPS) is 15.3. The number of nitrogen functional groups attached to an aromatic ring is 2. The molecule has 0 saturated heterocycles. The highest BCUT2D eigenvalue weighted by molar-refractivity contribution is 5.46. The van der Waals surface area contributed by atoms with Crippen molar-refractivity contribution in [2.75, 3.05) is 11.5 Å². The summed E-state index contributed by atoms with van der Waals surface area (Å²) in [7, 11) is 0. The predicted octanol–water partition coefficient (Wildman–Crippen LogP) is 6.91. The Hall–Kier alpha value is -1.96. The van der Waals surface area contributed by atoms with Crippen LogP contribution in [0.15, 0.2) is 48.5 Å². The van der Waals surface area contributed by atoms with Crippen molar-refractivity contribution in [3.05, 3.63) is 59.7 Å². The fraction of sp³-hybridized carbons (Fsp3) is 0.520. The van der Waals surface area contributed by atoms with Gasteiger partial charge < -0.3 is 11.5 Å². The first-order chi connectivity index (χ1) is 12.7. The van der Waals surface area contributed by atoms with Gasteiger partial charge in [0, 0.05) is 16.8 Å². The fourth-order valence-electron chi connectivity index (χ4n) is 4.28. The molecule has 2 aromatic rings. The molecule has 0 aromatic heterocycles. The average molecular weight is 367 g/mol. The maximum atomic E-state index is 5.98. The van der Waals surface area contributed by atoms with Crippen LogP contribution in [0.25, 0.3) is 0 Å². The summed E-state index contributed by atoms with van der Waals surface area (Å²) >= 11 is 0. The number of unbranched alkanes of at least 4 members (excludes halogenated alkanes) is 3. The molecule has 0 radical (unpaired) electrons. The van der Waals surface area contributed by atoms with Crippen LogP contribution < -0.4 is 11.5 Å². The zero-order chi connectivity index (χ0) is 20.1. The van der Waals surface area contributed by atoms with E-state index in [-0.39, 0.29) is 10.8 Å². The molecule has 0 aliphatic carbocycles. The van der Waals surface area contributed by atoms with Gasteiger partial charge >= 0.3 is 0 Å². The van der Waals surface area contributed by atoms with E-state index < -0.39 is 0 Å². The highest BCUT2D eigenvalue weighted by atomic mass is 14.6. The third kappa shape index (κ3) is 4.86. The summed E-state index contributed by atoms with van der Waals surface area (Å²) in [6, 6.07) is 17.0. The molecule has 2 heteroatoms. The molecule has 2 nitrogen and oxygen atoms in total. The molecular formula is C25H38N2. The minimum atomic E-state index is -0.0109. The van der Waals surface area contributed by atoms with E-state index in [4.69, 9.17) is 11.5 Å². The first-order valence-electron chi connectivity index (χ1n) is 10.4. The maximum Gasteiger partial charge on any atom is 0.0314 e. The number of nitrogens with two attached hydrogens (primary N) is 2. The summed E-state index contributed by atoms with van der Waals surface area (Å²) in [5, 5.41) is 0. The van der Waals surface area contributed by atoms with Crippen LogP contribution in [0, 0.1) is 5.41 Å². The number of rotatable bonds is 8. The van der Waals surface area contributed by atoms with E-state index in [1.165, 1.54) is 43.2 Å². The van der Waals surface area contributed by atoms with Crippen LogP contribution in [-0.2, 0) is 5.41 Å². The lowest BCUT2D eigenvalue weighted by Crippen LogP contribution is -2.43. The van der Waals surface area contributed by atoms with Crippen LogP contribution in [0.1, 0.15) is 83.8 Å². The van der Waals surface area contributed by atoms with E-state index in [1.54, 1.807) is 0 Å². The molecule has 0 spiro atoms. The van der Waals surface area contributed by atoms with Crippen LogP contribution >= 0.6 is 0 Å². The Morgan fingerprint density at radius 2 is 1.26 bits per heavy atom. The molecule has 2 rings (SSSR count). The Labute approximate surface area is 166 Å². The first-order valence-corrected chi connectivity index (χ1v) is 10.4. The van der Waals surface area contributed by atoms with E-state index in [0.717, 1.165) is 11.4 Å². The second kappa shape index (κ2) is 8.82. The Balaban J connectivity index is 2.51. The molecule has 0 amide bonds. The third-order valence-electron chi connectivity index (χ3n) is 6.45. The molecule has 4 N–H and O–H groups in total. The number of anilines is 2. The monoisotopic (exact) mass is 366 g/mol. The van der Waals surface area contributed by atoms with Gasteiger partial charge in [-0.3, -0.25) is 0 Å². The summed E-state index contributed by atoms with van der Waals surface area (Å²) < 4.78 is 0. The van der Waals surface area contributed by atoms with Gasteiger partial charge in [-0.1, -0.05) is 84.6 Å². The van der Waals surface area contributed by atoms with Crippen molar-refractivity contribution in [3.63, 3.8) is 0 Å². The summed E-state index contributed by atoms with van der Waals surface area (Å²) in [4.78, 5) is 0. The Kier molecular flexibility index (Phi) is 6.97. The van der Waals surface area contributed by atoms with Gasteiger partial charge in [0.25, 0.3) is 0 Å². The largest absolute Gasteiger partial charge is 0.399 e. The van der Waals surface area contributed by atoms with E-state index in [0.29, 0.717) is 5.92 Å². The number of hydrogen-bond donors (Lipinski definition) is 2. The van der Waals surface area contributed by atoms with E-state index in [2.05, 4.69) is 58.9 Å². The van der Waals surface area contributed by atoms with Crippen molar-refractivity contribution in [2.24, 2.45) is 5.41 Å². The lowest BCUT2D eigenvalue weighted by atomic mass is 9.55. The topological polar surface area (TPSA) is 52.0 Å². The van der Waals surface area contributed by atoms with E-state index in [1.807, 2.05) is 24.3 Å². The molecule has 0 bridgehead atoms. The van der Waals surface area contributed by atoms with E-state index in [9.17, 15) is 0 Å². The van der Waals surface area contributed by atoms with Crippen molar-refractivity contribution >= 4 is 11.4 Å².